The molecule has 1 heterocycles. The number of nitrogens with zero attached hydrogens (tertiary/aromatic N) is 2. The Bertz CT molecular complexity index is 547. The van der Waals surface area contributed by atoms with E-state index in [-0.39, 0.29) is 18.2 Å². The Balaban J connectivity index is 1.42. The topological polar surface area (TPSA) is 55.8 Å². The van der Waals surface area contributed by atoms with Crippen molar-refractivity contribution >= 4 is 6.03 Å². The van der Waals surface area contributed by atoms with E-state index in [1.807, 2.05) is 4.90 Å². The minimum absolute atomic E-state index is 0.0617. The molecular weight excluding hydrogens is 302 g/mol. The van der Waals surface area contributed by atoms with E-state index < -0.39 is 0 Å². The number of urea groups is 1. The zero-order chi connectivity index (χ0) is 16.9. The van der Waals surface area contributed by atoms with Crippen LogP contribution in [0.2, 0.25) is 0 Å². The molecule has 1 aromatic carbocycles. The third-order valence-corrected chi connectivity index (χ3v) is 5.17. The predicted molar refractivity (Wildman–Crippen MR) is 94.8 cm³/mol. The zero-order valence-corrected chi connectivity index (χ0v) is 14.6. The van der Waals surface area contributed by atoms with E-state index in [1.165, 1.54) is 11.1 Å². The first-order chi connectivity index (χ1) is 11.6. The smallest absolute Gasteiger partial charge is 0.317 e. The van der Waals surface area contributed by atoms with Gasteiger partial charge in [-0.3, -0.25) is 4.90 Å². The fourth-order valence-corrected chi connectivity index (χ4v) is 3.66. The van der Waals surface area contributed by atoms with Crippen molar-refractivity contribution in [3.63, 3.8) is 0 Å². The Morgan fingerprint density at radius 2 is 1.88 bits per heavy atom. The normalized spacial score (nSPS) is 25.5. The molecule has 0 spiro atoms. The van der Waals surface area contributed by atoms with Crippen LogP contribution in [0.15, 0.2) is 24.3 Å². The summed E-state index contributed by atoms with van der Waals surface area (Å²) in [6.45, 7) is 6.49. The number of aliphatic hydroxyl groups is 1. The average Bonchev–Trinajstić information content (AvgIpc) is 2.57. The largest absolute Gasteiger partial charge is 0.393 e. The van der Waals surface area contributed by atoms with Gasteiger partial charge in [0.1, 0.15) is 0 Å². The van der Waals surface area contributed by atoms with Gasteiger partial charge in [-0.25, -0.2) is 4.79 Å². The second-order valence-corrected chi connectivity index (χ2v) is 7.21. The molecule has 5 nitrogen and oxygen atoms in total. The minimum Gasteiger partial charge on any atom is -0.393 e. The number of rotatable bonds is 3. The van der Waals surface area contributed by atoms with Crippen molar-refractivity contribution in [2.75, 3.05) is 26.2 Å². The fourth-order valence-electron chi connectivity index (χ4n) is 3.66. The van der Waals surface area contributed by atoms with Crippen molar-refractivity contribution in [2.45, 2.75) is 51.3 Å². The summed E-state index contributed by atoms with van der Waals surface area (Å²) in [6.07, 6.45) is 3.20. The maximum atomic E-state index is 12.4. The van der Waals surface area contributed by atoms with E-state index in [4.69, 9.17) is 0 Å². The summed E-state index contributed by atoms with van der Waals surface area (Å²) >= 11 is 0. The lowest BCUT2D eigenvalue weighted by atomic mass is 9.93. The Kier molecular flexibility index (Phi) is 5.74. The molecular formula is C19H29N3O2. The van der Waals surface area contributed by atoms with E-state index in [2.05, 4.69) is 41.4 Å². The molecule has 1 aromatic rings. The van der Waals surface area contributed by atoms with Gasteiger partial charge in [-0.05, 0) is 38.2 Å². The van der Waals surface area contributed by atoms with Gasteiger partial charge in [0.2, 0.25) is 0 Å². The lowest BCUT2D eigenvalue weighted by Crippen LogP contribution is -2.53. The maximum absolute atomic E-state index is 12.4. The summed E-state index contributed by atoms with van der Waals surface area (Å²) < 4.78 is 0. The number of aliphatic hydroxyl groups excluding tert-OH is 1. The lowest BCUT2D eigenvalue weighted by molar-refractivity contribution is 0.109. The molecule has 1 aliphatic carbocycles. The standard InChI is InChI=1S/C19H29N3O2/c1-15-3-2-4-16(13-15)14-21-9-11-22(12-10-21)19(24)20-17-5-7-18(23)8-6-17/h2-4,13,17-18,23H,5-12,14H2,1H3,(H,20,24). The van der Waals surface area contributed by atoms with Crippen molar-refractivity contribution in [3.05, 3.63) is 35.4 Å². The average molecular weight is 331 g/mol. The van der Waals surface area contributed by atoms with Crippen molar-refractivity contribution in [3.8, 4) is 0 Å². The Morgan fingerprint density at radius 1 is 1.17 bits per heavy atom. The molecule has 1 saturated carbocycles. The molecule has 5 heteroatoms. The number of amides is 2. The first-order valence-electron chi connectivity index (χ1n) is 9.11. The van der Waals surface area contributed by atoms with Crippen LogP contribution in [0.3, 0.4) is 0 Å². The molecule has 24 heavy (non-hydrogen) atoms. The quantitative estimate of drug-likeness (QED) is 0.892. The van der Waals surface area contributed by atoms with Gasteiger partial charge in [0, 0.05) is 38.8 Å². The van der Waals surface area contributed by atoms with Gasteiger partial charge in [0.15, 0.2) is 0 Å². The third kappa shape index (κ3) is 4.71. The molecule has 132 valence electrons. The van der Waals surface area contributed by atoms with Crippen LogP contribution in [0.1, 0.15) is 36.8 Å². The molecule has 0 bridgehead atoms. The Hall–Kier alpha value is -1.59. The Labute approximate surface area is 144 Å². The van der Waals surface area contributed by atoms with Gasteiger partial charge in [-0.2, -0.15) is 0 Å². The highest BCUT2D eigenvalue weighted by molar-refractivity contribution is 5.74. The summed E-state index contributed by atoms with van der Waals surface area (Å²) in [5, 5.41) is 12.7. The van der Waals surface area contributed by atoms with E-state index in [9.17, 15) is 9.90 Å². The Morgan fingerprint density at radius 3 is 2.54 bits per heavy atom. The number of carbonyl (C=O) groups excluding carboxylic acids is 1. The van der Waals surface area contributed by atoms with E-state index in [1.54, 1.807) is 0 Å². The lowest BCUT2D eigenvalue weighted by Gasteiger charge is -2.36. The van der Waals surface area contributed by atoms with E-state index in [0.717, 1.165) is 58.4 Å². The molecule has 1 aliphatic heterocycles. The summed E-state index contributed by atoms with van der Waals surface area (Å²) in [4.78, 5) is 16.7. The van der Waals surface area contributed by atoms with Crippen molar-refractivity contribution in [1.29, 1.82) is 0 Å². The van der Waals surface area contributed by atoms with Gasteiger partial charge in [0.05, 0.1) is 6.10 Å². The molecule has 2 aliphatic rings. The van der Waals surface area contributed by atoms with Crippen LogP contribution < -0.4 is 5.32 Å². The van der Waals surface area contributed by atoms with Crippen molar-refractivity contribution in [1.82, 2.24) is 15.1 Å². The monoisotopic (exact) mass is 331 g/mol. The van der Waals surface area contributed by atoms with E-state index >= 15 is 0 Å². The summed E-state index contributed by atoms with van der Waals surface area (Å²) in [7, 11) is 0. The summed E-state index contributed by atoms with van der Waals surface area (Å²) in [5.41, 5.74) is 2.64. The number of carbonyl (C=O) groups is 1. The number of benzene rings is 1. The first-order valence-corrected chi connectivity index (χ1v) is 9.11. The van der Waals surface area contributed by atoms with Crippen LogP contribution in [0.25, 0.3) is 0 Å². The van der Waals surface area contributed by atoms with Crippen LogP contribution in [0.4, 0.5) is 4.79 Å². The molecule has 0 atom stereocenters. The van der Waals surface area contributed by atoms with E-state index in [0.29, 0.717) is 0 Å². The number of hydrogen-bond acceptors (Lipinski definition) is 3. The predicted octanol–water partition coefficient (Wildman–Crippen LogP) is 2.13. The highest BCUT2D eigenvalue weighted by Crippen LogP contribution is 2.18. The molecule has 0 radical (unpaired) electrons. The first kappa shape index (κ1) is 17.2. The second-order valence-electron chi connectivity index (χ2n) is 7.21. The fraction of sp³-hybridized carbons (Fsp3) is 0.632. The second kappa shape index (κ2) is 7.99. The summed E-state index contributed by atoms with van der Waals surface area (Å²) in [6, 6.07) is 8.92. The highest BCUT2D eigenvalue weighted by Gasteiger charge is 2.25. The molecule has 1 saturated heterocycles. The van der Waals surface area contributed by atoms with Gasteiger partial charge < -0.3 is 15.3 Å². The molecule has 0 unspecified atom stereocenters. The van der Waals surface area contributed by atoms with Crippen molar-refractivity contribution < 1.29 is 9.90 Å². The third-order valence-electron chi connectivity index (χ3n) is 5.17. The molecule has 3 rings (SSSR count). The maximum Gasteiger partial charge on any atom is 0.317 e. The van der Waals surface area contributed by atoms with Crippen LogP contribution in [0.5, 0.6) is 0 Å². The van der Waals surface area contributed by atoms with Gasteiger partial charge in [-0.1, -0.05) is 29.8 Å². The van der Waals surface area contributed by atoms with Crippen LogP contribution >= 0.6 is 0 Å². The number of hydrogen-bond donors (Lipinski definition) is 2. The van der Waals surface area contributed by atoms with Crippen LogP contribution in [-0.2, 0) is 6.54 Å². The SMILES string of the molecule is Cc1cccc(CN2CCN(C(=O)NC3CCC(O)CC3)CC2)c1. The minimum atomic E-state index is -0.177. The molecule has 2 N–H and O–H groups in total. The van der Waals surface area contributed by atoms with Gasteiger partial charge in [0.25, 0.3) is 0 Å². The highest BCUT2D eigenvalue weighted by atomic mass is 16.3. The van der Waals surface area contributed by atoms with Crippen LogP contribution in [0, 0.1) is 6.92 Å². The number of nitrogens with one attached hydrogen (secondary N) is 1. The molecule has 2 fully saturated rings. The molecule has 0 aromatic heterocycles. The van der Waals surface area contributed by atoms with Crippen LogP contribution in [-0.4, -0.2) is 59.3 Å². The summed E-state index contributed by atoms with van der Waals surface area (Å²) in [5.74, 6) is 0. The van der Waals surface area contributed by atoms with Gasteiger partial charge >= 0.3 is 6.03 Å². The number of piperazine rings is 1. The molecule has 2 amide bonds. The van der Waals surface area contributed by atoms with Gasteiger partial charge in [-0.15, -0.1) is 0 Å². The van der Waals surface area contributed by atoms with Crippen molar-refractivity contribution in [2.24, 2.45) is 0 Å². The zero-order valence-electron chi connectivity index (χ0n) is 14.6. The number of aryl methyl sites for hydroxylation is 1.